The van der Waals surface area contributed by atoms with Crippen molar-refractivity contribution in [3.63, 3.8) is 0 Å². The van der Waals surface area contributed by atoms with Crippen LogP contribution in [0.5, 0.6) is 0 Å². The highest BCUT2D eigenvalue weighted by Crippen LogP contribution is 2.30. The van der Waals surface area contributed by atoms with E-state index in [1.807, 2.05) is 0 Å². The second kappa shape index (κ2) is 5.03. The number of hydrogen-bond acceptors (Lipinski definition) is 3. The third-order valence-electron chi connectivity index (χ3n) is 1.63. The summed E-state index contributed by atoms with van der Waals surface area (Å²) in [7, 11) is -4.37. The molecule has 1 aromatic rings. The second-order valence-corrected chi connectivity index (χ2v) is 4.89. The molecule has 1 aromatic carbocycles. The standard InChI is InChI=1S/C7H5BrN2O3S.BrH/c1-4-2-6(10-9)7(3-5(4)8)14(11,12)13;/h2-3H,1H3;1H. The van der Waals surface area contributed by atoms with E-state index in [2.05, 4.69) is 20.9 Å². The van der Waals surface area contributed by atoms with Crippen molar-refractivity contribution in [2.45, 2.75) is 11.8 Å². The molecule has 0 unspecified atom stereocenters. The summed E-state index contributed by atoms with van der Waals surface area (Å²) in [5, 5.41) is 8.53. The van der Waals surface area contributed by atoms with Crippen molar-refractivity contribution in [2.24, 2.45) is 0 Å². The van der Waals surface area contributed by atoms with Gasteiger partial charge in [-0.25, -0.2) is 0 Å². The van der Waals surface area contributed by atoms with Crippen LogP contribution in [0.1, 0.15) is 5.56 Å². The highest BCUT2D eigenvalue weighted by molar-refractivity contribution is 9.10. The lowest BCUT2D eigenvalue weighted by molar-refractivity contribution is -0.00000724. The Kier molecular flexibility index (Phi) is 4.86. The quantitative estimate of drug-likeness (QED) is 0.542. The van der Waals surface area contributed by atoms with E-state index >= 15 is 0 Å². The molecule has 0 aliphatic heterocycles. The molecule has 0 radical (unpaired) electrons. The lowest BCUT2D eigenvalue weighted by atomic mass is 10.2. The molecule has 0 saturated carbocycles. The smallest absolute Gasteiger partial charge is 0.406 e. The Morgan fingerprint density at radius 2 is 2.00 bits per heavy atom. The fourth-order valence-corrected chi connectivity index (χ4v) is 2.06. The second-order valence-electron chi connectivity index (χ2n) is 2.64. The van der Waals surface area contributed by atoms with Crippen molar-refractivity contribution in [1.29, 1.82) is 5.39 Å². The molecule has 0 aliphatic carbocycles. The molecule has 0 aromatic heterocycles. The first-order valence-electron chi connectivity index (χ1n) is 3.49. The Bertz CT molecular complexity index is 522. The molecule has 0 fully saturated rings. The minimum Gasteiger partial charge on any atom is -1.00 e. The van der Waals surface area contributed by atoms with E-state index in [0.29, 0.717) is 10.0 Å². The van der Waals surface area contributed by atoms with Gasteiger partial charge >= 0.3 is 15.8 Å². The van der Waals surface area contributed by atoms with Crippen molar-refractivity contribution < 1.29 is 30.0 Å². The van der Waals surface area contributed by atoms with Crippen LogP contribution in [-0.4, -0.2) is 13.0 Å². The molecular formula is C7H6Br2N2O3S. The number of diazo groups is 1. The van der Waals surface area contributed by atoms with Crippen molar-refractivity contribution in [3.8, 4) is 0 Å². The van der Waals surface area contributed by atoms with E-state index in [0.717, 1.165) is 0 Å². The van der Waals surface area contributed by atoms with Crippen molar-refractivity contribution in [2.75, 3.05) is 0 Å². The van der Waals surface area contributed by atoms with Gasteiger partial charge in [-0.05, 0) is 18.6 Å². The van der Waals surface area contributed by atoms with Gasteiger partial charge in [-0.2, -0.15) is 8.42 Å². The van der Waals surface area contributed by atoms with Crippen LogP contribution < -0.4 is 17.0 Å². The average Bonchev–Trinajstić information content (AvgIpc) is 2.07. The first-order valence-corrected chi connectivity index (χ1v) is 5.72. The lowest BCUT2D eigenvalue weighted by Crippen LogP contribution is -3.00. The molecule has 15 heavy (non-hydrogen) atoms. The van der Waals surface area contributed by atoms with Crippen LogP contribution in [0.25, 0.3) is 4.98 Å². The Labute approximate surface area is 106 Å². The molecule has 0 spiro atoms. The lowest BCUT2D eigenvalue weighted by Gasteiger charge is -1.97. The number of nitrogens with zero attached hydrogens (tertiary/aromatic N) is 2. The van der Waals surface area contributed by atoms with Crippen molar-refractivity contribution >= 4 is 31.7 Å². The predicted molar refractivity (Wildman–Crippen MR) is 53.4 cm³/mol. The Balaban J connectivity index is 0.00000196. The van der Waals surface area contributed by atoms with Gasteiger partial charge in [-0.3, -0.25) is 4.55 Å². The van der Waals surface area contributed by atoms with Gasteiger partial charge in [0.05, 0.1) is 0 Å². The maximum absolute atomic E-state index is 10.8. The summed E-state index contributed by atoms with van der Waals surface area (Å²) in [6, 6.07) is 2.52. The van der Waals surface area contributed by atoms with E-state index in [1.165, 1.54) is 12.1 Å². The molecule has 82 valence electrons. The minimum absolute atomic E-state index is 0. The molecule has 1 N–H and O–H groups in total. The van der Waals surface area contributed by atoms with E-state index in [4.69, 9.17) is 9.95 Å². The van der Waals surface area contributed by atoms with Crippen LogP contribution in [0.3, 0.4) is 0 Å². The number of benzene rings is 1. The van der Waals surface area contributed by atoms with E-state index in [9.17, 15) is 8.42 Å². The van der Waals surface area contributed by atoms with Crippen LogP contribution in [0, 0.1) is 12.3 Å². The maximum Gasteiger partial charge on any atom is 0.406 e. The number of rotatable bonds is 1. The fourth-order valence-electron chi connectivity index (χ4n) is 0.933. The Hall–Kier alpha value is -0.490. The predicted octanol–water partition coefficient (Wildman–Crippen LogP) is -0.507. The monoisotopic (exact) mass is 356 g/mol. The van der Waals surface area contributed by atoms with Crippen LogP contribution >= 0.6 is 15.9 Å². The van der Waals surface area contributed by atoms with Crippen LogP contribution in [0.2, 0.25) is 0 Å². The maximum atomic E-state index is 10.8. The normalized spacial score (nSPS) is 10.3. The van der Waals surface area contributed by atoms with Crippen LogP contribution in [-0.2, 0) is 10.1 Å². The van der Waals surface area contributed by atoms with Gasteiger partial charge in [0.25, 0.3) is 0 Å². The minimum atomic E-state index is -4.37. The van der Waals surface area contributed by atoms with Crippen LogP contribution in [0.4, 0.5) is 5.69 Å². The highest BCUT2D eigenvalue weighted by atomic mass is 79.9. The summed E-state index contributed by atoms with van der Waals surface area (Å²) in [5.74, 6) is 0. The van der Waals surface area contributed by atoms with Crippen LogP contribution in [0.15, 0.2) is 21.5 Å². The van der Waals surface area contributed by atoms with Crippen molar-refractivity contribution in [1.82, 2.24) is 0 Å². The summed E-state index contributed by atoms with van der Waals surface area (Å²) in [6.07, 6.45) is 0. The summed E-state index contributed by atoms with van der Waals surface area (Å²) in [6.45, 7) is 1.70. The molecule has 5 nitrogen and oxygen atoms in total. The Morgan fingerprint density at radius 1 is 1.47 bits per heavy atom. The third kappa shape index (κ3) is 3.24. The molecule has 0 amide bonds. The molecule has 1 rings (SSSR count). The van der Waals surface area contributed by atoms with Gasteiger partial charge in [-0.15, -0.1) is 0 Å². The molecule has 0 heterocycles. The zero-order valence-corrected chi connectivity index (χ0v) is 11.5. The average molecular weight is 358 g/mol. The highest BCUT2D eigenvalue weighted by Gasteiger charge is 2.25. The van der Waals surface area contributed by atoms with Gasteiger partial charge in [0, 0.05) is 10.5 Å². The third-order valence-corrected chi connectivity index (χ3v) is 3.36. The molecule has 0 saturated heterocycles. The molecule has 0 atom stereocenters. The summed E-state index contributed by atoms with van der Waals surface area (Å²) >= 11 is 3.10. The van der Waals surface area contributed by atoms with E-state index in [1.54, 1.807) is 6.92 Å². The van der Waals surface area contributed by atoms with Gasteiger partial charge < -0.3 is 17.0 Å². The largest absolute Gasteiger partial charge is 1.00 e. The summed E-state index contributed by atoms with van der Waals surface area (Å²) < 4.78 is 31.0. The zero-order chi connectivity index (χ0) is 10.9. The molecule has 0 aliphatic rings. The SMILES string of the molecule is Cc1cc([N+]#N)c(S(=O)(=O)O)cc1Br.[Br-]. The molecule has 8 heteroatoms. The van der Waals surface area contributed by atoms with Gasteiger partial charge in [0.1, 0.15) is 0 Å². The van der Waals surface area contributed by atoms with Gasteiger partial charge in [-0.1, -0.05) is 15.9 Å². The first-order chi connectivity index (χ1) is 6.36. The summed E-state index contributed by atoms with van der Waals surface area (Å²) in [4.78, 5) is 2.35. The number of hydrogen-bond donors (Lipinski definition) is 1. The molecule has 0 bridgehead atoms. The fraction of sp³-hybridized carbons (Fsp3) is 0.143. The Morgan fingerprint density at radius 3 is 2.40 bits per heavy atom. The van der Waals surface area contributed by atoms with E-state index in [-0.39, 0.29) is 22.7 Å². The van der Waals surface area contributed by atoms with Gasteiger partial charge in [0.2, 0.25) is 5.39 Å². The summed E-state index contributed by atoms with van der Waals surface area (Å²) in [5.41, 5.74) is 0.512. The topological polar surface area (TPSA) is 82.5 Å². The first kappa shape index (κ1) is 14.5. The number of aryl methyl sites for hydroxylation is 1. The van der Waals surface area contributed by atoms with Crippen molar-refractivity contribution in [3.05, 3.63) is 27.1 Å². The number of halogens is 2. The van der Waals surface area contributed by atoms with E-state index < -0.39 is 15.0 Å². The zero-order valence-electron chi connectivity index (χ0n) is 7.48. The van der Waals surface area contributed by atoms with Gasteiger partial charge in [0.15, 0.2) is 9.87 Å². The molecular weight excluding hydrogens is 352 g/mol.